The number of carboxylic acid groups (broad SMARTS) is 1. The van der Waals surface area contributed by atoms with E-state index in [0.29, 0.717) is 17.8 Å². The average Bonchev–Trinajstić information content (AvgIpc) is 2.97. The molecule has 0 bridgehead atoms. The van der Waals surface area contributed by atoms with Crippen molar-refractivity contribution in [1.29, 1.82) is 0 Å². The van der Waals surface area contributed by atoms with E-state index in [1.807, 2.05) is 0 Å². The van der Waals surface area contributed by atoms with E-state index >= 15 is 0 Å². The lowest BCUT2D eigenvalue weighted by Gasteiger charge is -2.24. The van der Waals surface area contributed by atoms with Gasteiger partial charge in [0.1, 0.15) is 5.01 Å². The van der Waals surface area contributed by atoms with Crippen molar-refractivity contribution in [3.63, 3.8) is 0 Å². The van der Waals surface area contributed by atoms with Gasteiger partial charge in [-0.15, -0.1) is 11.3 Å². The molecule has 1 aromatic rings. The highest BCUT2D eigenvalue weighted by molar-refractivity contribution is 7.09. The van der Waals surface area contributed by atoms with Gasteiger partial charge in [-0.2, -0.15) is 0 Å². The minimum atomic E-state index is -1.06. The van der Waals surface area contributed by atoms with Crippen molar-refractivity contribution in [2.24, 2.45) is 5.73 Å². The van der Waals surface area contributed by atoms with Gasteiger partial charge in [-0.25, -0.2) is 9.78 Å². The van der Waals surface area contributed by atoms with Crippen molar-refractivity contribution in [2.45, 2.75) is 44.2 Å². The van der Waals surface area contributed by atoms with Crippen LogP contribution < -0.4 is 11.1 Å². The molecule has 1 unspecified atom stereocenters. The lowest BCUT2D eigenvalue weighted by molar-refractivity contribution is -0.126. The van der Waals surface area contributed by atoms with Gasteiger partial charge in [0.2, 0.25) is 5.91 Å². The van der Waals surface area contributed by atoms with Crippen LogP contribution in [0.1, 0.15) is 54.1 Å². The van der Waals surface area contributed by atoms with Gasteiger partial charge in [0.25, 0.3) is 0 Å². The van der Waals surface area contributed by atoms with Crippen LogP contribution in [-0.4, -0.2) is 27.5 Å². The molecule has 1 fully saturated rings. The van der Waals surface area contributed by atoms with Gasteiger partial charge in [0.05, 0.1) is 11.6 Å². The Labute approximate surface area is 115 Å². The number of hydrogen-bond donors (Lipinski definition) is 3. The molecule has 19 heavy (non-hydrogen) atoms. The molecule has 0 saturated heterocycles. The van der Waals surface area contributed by atoms with Crippen molar-refractivity contribution in [3.05, 3.63) is 16.1 Å². The normalized spacial score (nSPS) is 19.1. The molecule has 0 aromatic carbocycles. The summed E-state index contributed by atoms with van der Waals surface area (Å²) >= 11 is 1.22. The first-order chi connectivity index (χ1) is 8.92. The van der Waals surface area contributed by atoms with Crippen LogP contribution in [0.4, 0.5) is 0 Å². The lowest BCUT2D eigenvalue weighted by atomic mass is 9.98. The average molecular weight is 283 g/mol. The summed E-state index contributed by atoms with van der Waals surface area (Å²) in [6, 6.07) is -0.327. The van der Waals surface area contributed by atoms with E-state index in [1.165, 1.54) is 16.7 Å². The molecule has 1 aromatic heterocycles. The van der Waals surface area contributed by atoms with Gasteiger partial charge < -0.3 is 16.2 Å². The van der Waals surface area contributed by atoms with Crippen LogP contribution in [0.3, 0.4) is 0 Å². The summed E-state index contributed by atoms with van der Waals surface area (Å²) in [7, 11) is 0. The van der Waals surface area contributed by atoms with E-state index in [1.54, 1.807) is 6.92 Å². The highest BCUT2D eigenvalue weighted by Crippen LogP contribution is 2.28. The number of amides is 1. The maximum absolute atomic E-state index is 12.1. The van der Waals surface area contributed by atoms with Gasteiger partial charge >= 0.3 is 5.97 Å². The van der Waals surface area contributed by atoms with E-state index in [4.69, 9.17) is 10.8 Å². The molecule has 4 N–H and O–H groups in total. The molecule has 1 amide bonds. The second-order valence-corrected chi connectivity index (χ2v) is 5.82. The topological polar surface area (TPSA) is 105 Å². The van der Waals surface area contributed by atoms with Gasteiger partial charge in [-0.1, -0.05) is 12.8 Å². The first kappa shape index (κ1) is 14.0. The lowest BCUT2D eigenvalue weighted by Crippen LogP contribution is -2.52. The maximum Gasteiger partial charge on any atom is 0.355 e. The Bertz CT molecular complexity index is 494. The SMILES string of the molecule is CC(NC(=O)C1(N)CCCC1)c1nc(C(=O)O)cs1. The third-order valence-corrected chi connectivity index (χ3v) is 4.43. The number of carbonyl (C=O) groups is 2. The Balaban J connectivity index is 2.01. The molecule has 1 saturated carbocycles. The Morgan fingerprint density at radius 3 is 2.68 bits per heavy atom. The van der Waals surface area contributed by atoms with E-state index in [2.05, 4.69) is 10.3 Å². The van der Waals surface area contributed by atoms with E-state index in [9.17, 15) is 9.59 Å². The number of carboxylic acids is 1. The summed E-state index contributed by atoms with van der Waals surface area (Å²) in [5.74, 6) is -1.24. The highest BCUT2D eigenvalue weighted by atomic mass is 32.1. The molecule has 0 radical (unpaired) electrons. The molecule has 0 aliphatic heterocycles. The number of aromatic nitrogens is 1. The fourth-order valence-electron chi connectivity index (χ4n) is 2.22. The van der Waals surface area contributed by atoms with Gasteiger partial charge in [0.15, 0.2) is 5.69 Å². The number of nitrogens with two attached hydrogens (primary N) is 1. The van der Waals surface area contributed by atoms with Gasteiger partial charge in [-0.05, 0) is 19.8 Å². The number of thiazole rings is 1. The van der Waals surface area contributed by atoms with Crippen LogP contribution in [0.25, 0.3) is 0 Å². The summed E-state index contributed by atoms with van der Waals surface area (Å²) in [4.78, 5) is 26.8. The fraction of sp³-hybridized carbons (Fsp3) is 0.583. The monoisotopic (exact) mass is 283 g/mol. The number of rotatable bonds is 4. The number of carbonyl (C=O) groups excluding carboxylic acids is 1. The number of aromatic carboxylic acids is 1. The third kappa shape index (κ3) is 2.93. The third-order valence-electron chi connectivity index (χ3n) is 3.41. The standard InChI is InChI=1S/C12H17N3O3S/c1-7(9-15-8(6-19-9)10(16)17)14-11(18)12(13)4-2-3-5-12/h6-7H,2-5,13H2,1H3,(H,14,18)(H,16,17). The molecule has 6 nitrogen and oxygen atoms in total. The Morgan fingerprint density at radius 1 is 1.53 bits per heavy atom. The van der Waals surface area contributed by atoms with Crippen LogP contribution >= 0.6 is 11.3 Å². The van der Waals surface area contributed by atoms with Crippen LogP contribution in [0.2, 0.25) is 0 Å². The molecule has 1 aliphatic carbocycles. The molecule has 7 heteroatoms. The Kier molecular flexibility index (Phi) is 3.86. The van der Waals surface area contributed by atoms with Crippen molar-refractivity contribution in [3.8, 4) is 0 Å². The van der Waals surface area contributed by atoms with Gasteiger partial charge in [-0.3, -0.25) is 4.79 Å². The molecule has 0 spiro atoms. The Morgan fingerprint density at radius 2 is 2.16 bits per heavy atom. The summed E-state index contributed by atoms with van der Waals surface area (Å²) in [5.41, 5.74) is 5.29. The molecule has 1 aliphatic rings. The maximum atomic E-state index is 12.1. The van der Waals surface area contributed by atoms with Gasteiger partial charge in [0, 0.05) is 5.38 Å². The molecule has 1 atom stereocenters. The predicted molar refractivity (Wildman–Crippen MR) is 71.0 cm³/mol. The summed E-state index contributed by atoms with van der Waals surface area (Å²) in [6.07, 6.45) is 3.34. The quantitative estimate of drug-likeness (QED) is 0.772. The minimum Gasteiger partial charge on any atom is -0.476 e. The number of nitrogens with one attached hydrogen (secondary N) is 1. The smallest absolute Gasteiger partial charge is 0.355 e. The second kappa shape index (κ2) is 5.26. The molecule has 1 heterocycles. The highest BCUT2D eigenvalue weighted by Gasteiger charge is 2.37. The second-order valence-electron chi connectivity index (χ2n) is 4.93. The number of hydrogen-bond acceptors (Lipinski definition) is 5. The Hall–Kier alpha value is -1.47. The summed E-state index contributed by atoms with van der Waals surface area (Å²) < 4.78 is 0. The molecule has 2 rings (SSSR count). The van der Waals surface area contributed by atoms with Crippen LogP contribution in [0, 0.1) is 0 Å². The van der Waals surface area contributed by atoms with Crippen LogP contribution in [0.15, 0.2) is 5.38 Å². The molecular weight excluding hydrogens is 266 g/mol. The molecule has 104 valence electrons. The summed E-state index contributed by atoms with van der Waals surface area (Å²) in [5, 5.41) is 13.7. The van der Waals surface area contributed by atoms with Crippen LogP contribution in [0.5, 0.6) is 0 Å². The zero-order chi connectivity index (χ0) is 14.0. The van der Waals surface area contributed by atoms with E-state index in [-0.39, 0.29) is 17.6 Å². The zero-order valence-corrected chi connectivity index (χ0v) is 11.5. The van der Waals surface area contributed by atoms with E-state index < -0.39 is 11.5 Å². The first-order valence-corrected chi connectivity index (χ1v) is 7.09. The number of nitrogens with zero attached hydrogens (tertiary/aromatic N) is 1. The largest absolute Gasteiger partial charge is 0.476 e. The van der Waals surface area contributed by atoms with Crippen molar-refractivity contribution < 1.29 is 14.7 Å². The molecular formula is C12H17N3O3S. The fourth-order valence-corrected chi connectivity index (χ4v) is 3.02. The predicted octanol–water partition coefficient (Wildman–Crippen LogP) is 1.29. The van der Waals surface area contributed by atoms with Crippen molar-refractivity contribution >= 4 is 23.2 Å². The van der Waals surface area contributed by atoms with E-state index in [0.717, 1.165) is 12.8 Å². The zero-order valence-electron chi connectivity index (χ0n) is 10.7. The minimum absolute atomic E-state index is 0.00410. The first-order valence-electron chi connectivity index (χ1n) is 6.21. The van der Waals surface area contributed by atoms with Crippen LogP contribution in [-0.2, 0) is 4.79 Å². The van der Waals surface area contributed by atoms with Crippen molar-refractivity contribution in [1.82, 2.24) is 10.3 Å². The summed E-state index contributed by atoms with van der Waals surface area (Å²) in [6.45, 7) is 1.78. The van der Waals surface area contributed by atoms with Crippen molar-refractivity contribution in [2.75, 3.05) is 0 Å².